The first kappa shape index (κ1) is 30.6. The van der Waals surface area contributed by atoms with Gasteiger partial charge < -0.3 is 9.80 Å². The summed E-state index contributed by atoms with van der Waals surface area (Å²) in [6.07, 6.45) is -1.42. The zero-order chi connectivity index (χ0) is 31.4. The molecule has 14 heteroatoms. The Morgan fingerprint density at radius 2 is 1.86 bits per heavy atom. The predicted molar refractivity (Wildman–Crippen MR) is 153 cm³/mol. The number of nitriles is 1. The highest BCUT2D eigenvalue weighted by atomic mass is 35.5. The number of halogens is 4. The molecule has 4 atom stereocenters. The highest BCUT2D eigenvalue weighted by Crippen LogP contribution is 2.38. The SMILES string of the molecule is C[C@@H]1Cc2nn3c(c2CN1C(=O)c1ccc(Cl)c(C(F)(F)F)c1)C(=O)N([C@H](C)c1ccc([S@](C)(=O)=NC#N)cc1)C[C@H]3C. The van der Waals surface area contributed by atoms with Crippen LogP contribution >= 0.6 is 11.6 Å². The van der Waals surface area contributed by atoms with Gasteiger partial charge in [0.25, 0.3) is 11.8 Å². The second kappa shape index (κ2) is 11.0. The van der Waals surface area contributed by atoms with E-state index in [9.17, 15) is 27.0 Å². The molecule has 43 heavy (non-hydrogen) atoms. The van der Waals surface area contributed by atoms with E-state index in [2.05, 4.69) is 4.36 Å². The standard InChI is InChI=1S/C29H28ClF3N6O3S/c1-16-11-25-22(14-37(16)27(40)20-7-10-24(30)23(12-20)29(31,32)33)26-28(41)38(13-17(2)39(26)36-25)18(3)19-5-8-21(9-6-19)43(4,42)35-15-34/h5-10,12,16-18H,11,13-14H2,1-4H3/t16-,17-,18-,43+/m1/s1. The lowest BCUT2D eigenvalue weighted by molar-refractivity contribution is -0.137. The first-order valence-electron chi connectivity index (χ1n) is 13.4. The van der Waals surface area contributed by atoms with Gasteiger partial charge in [-0.05, 0) is 56.7 Å². The van der Waals surface area contributed by atoms with Gasteiger partial charge >= 0.3 is 6.18 Å². The highest BCUT2D eigenvalue weighted by Gasteiger charge is 2.41. The summed E-state index contributed by atoms with van der Waals surface area (Å²) in [5.41, 5.74) is 1.15. The van der Waals surface area contributed by atoms with E-state index < -0.39 is 32.4 Å². The van der Waals surface area contributed by atoms with E-state index in [0.717, 1.165) is 17.7 Å². The van der Waals surface area contributed by atoms with E-state index >= 15 is 0 Å². The van der Waals surface area contributed by atoms with E-state index in [-0.39, 0.29) is 36.1 Å². The predicted octanol–water partition coefficient (Wildman–Crippen LogP) is 5.86. The fourth-order valence-corrected chi connectivity index (χ4v) is 6.77. The lowest BCUT2D eigenvalue weighted by Crippen LogP contribution is -2.45. The number of aromatic nitrogens is 2. The third kappa shape index (κ3) is 5.49. The molecule has 226 valence electrons. The molecule has 9 nitrogen and oxygen atoms in total. The topological polar surface area (TPSA) is 112 Å². The Balaban J connectivity index is 1.45. The molecule has 0 unspecified atom stereocenters. The smallest absolute Gasteiger partial charge is 0.331 e. The van der Waals surface area contributed by atoms with Crippen LogP contribution in [0.1, 0.15) is 76.1 Å². The largest absolute Gasteiger partial charge is 0.417 e. The van der Waals surface area contributed by atoms with Crippen molar-refractivity contribution in [3.05, 3.63) is 81.1 Å². The van der Waals surface area contributed by atoms with Crippen molar-refractivity contribution in [2.75, 3.05) is 12.8 Å². The van der Waals surface area contributed by atoms with Crippen molar-refractivity contribution in [2.45, 2.75) is 62.9 Å². The van der Waals surface area contributed by atoms with E-state index in [1.54, 1.807) is 47.0 Å². The monoisotopic (exact) mass is 632 g/mol. The molecule has 3 aromatic rings. The maximum absolute atomic E-state index is 14.0. The van der Waals surface area contributed by atoms with Crippen LogP contribution in [0.3, 0.4) is 0 Å². The molecule has 3 heterocycles. The summed E-state index contributed by atoms with van der Waals surface area (Å²) in [5.74, 6) is -0.882. The minimum atomic E-state index is -4.72. The molecule has 5 rings (SSSR count). The van der Waals surface area contributed by atoms with E-state index in [1.165, 1.54) is 17.2 Å². The van der Waals surface area contributed by atoms with Crippen LogP contribution in [0.15, 0.2) is 51.7 Å². The van der Waals surface area contributed by atoms with Crippen molar-refractivity contribution >= 4 is 33.1 Å². The molecule has 0 saturated heterocycles. The van der Waals surface area contributed by atoms with Gasteiger partial charge in [-0.3, -0.25) is 14.3 Å². The lowest BCUT2D eigenvalue weighted by Gasteiger charge is -2.37. The van der Waals surface area contributed by atoms with Crippen molar-refractivity contribution in [1.29, 1.82) is 5.26 Å². The molecule has 2 amide bonds. The van der Waals surface area contributed by atoms with Gasteiger partial charge in [0.15, 0.2) is 0 Å². The molecule has 0 spiro atoms. The summed E-state index contributed by atoms with van der Waals surface area (Å²) in [7, 11) is -2.86. The molecule has 0 aliphatic carbocycles. The quantitative estimate of drug-likeness (QED) is 0.335. The van der Waals surface area contributed by atoms with Gasteiger partial charge in [0.2, 0.25) is 6.19 Å². The van der Waals surface area contributed by atoms with E-state index in [0.29, 0.717) is 34.8 Å². The number of benzene rings is 2. The van der Waals surface area contributed by atoms with Crippen LogP contribution in [-0.4, -0.2) is 54.4 Å². The maximum atomic E-state index is 14.0. The number of amides is 2. The second-order valence-electron chi connectivity index (χ2n) is 10.9. The highest BCUT2D eigenvalue weighted by molar-refractivity contribution is 7.93. The van der Waals surface area contributed by atoms with Gasteiger partial charge in [-0.15, -0.1) is 4.36 Å². The van der Waals surface area contributed by atoms with E-state index in [4.69, 9.17) is 22.0 Å². The van der Waals surface area contributed by atoms with Crippen LogP contribution in [0.25, 0.3) is 0 Å². The van der Waals surface area contributed by atoms with Crippen molar-refractivity contribution in [2.24, 2.45) is 4.36 Å². The summed E-state index contributed by atoms with van der Waals surface area (Å²) >= 11 is 5.76. The third-order valence-electron chi connectivity index (χ3n) is 8.04. The molecule has 1 aromatic heterocycles. The zero-order valence-electron chi connectivity index (χ0n) is 23.7. The molecule has 0 fully saturated rings. The molecule has 0 radical (unpaired) electrons. The first-order valence-corrected chi connectivity index (χ1v) is 15.7. The molecule has 2 aliphatic heterocycles. The van der Waals surface area contributed by atoms with Crippen LogP contribution in [0, 0.1) is 11.5 Å². The summed E-state index contributed by atoms with van der Waals surface area (Å²) in [4.78, 5) is 31.0. The number of hydrogen-bond acceptors (Lipinski definition) is 6. The summed E-state index contributed by atoms with van der Waals surface area (Å²) in [6, 6.07) is 8.91. The minimum Gasteiger partial charge on any atom is -0.331 e. The Morgan fingerprint density at radius 1 is 1.19 bits per heavy atom. The number of carbonyl (C=O) groups is 2. The summed E-state index contributed by atoms with van der Waals surface area (Å²) < 4.78 is 58.2. The van der Waals surface area contributed by atoms with Crippen molar-refractivity contribution < 1.29 is 27.0 Å². The number of rotatable bonds is 4. The average molecular weight is 633 g/mol. The van der Waals surface area contributed by atoms with Crippen molar-refractivity contribution in [3.8, 4) is 6.19 Å². The number of fused-ring (bicyclic) bond motifs is 3. The van der Waals surface area contributed by atoms with Crippen LogP contribution < -0.4 is 0 Å². The second-order valence-corrected chi connectivity index (χ2v) is 13.6. The van der Waals surface area contributed by atoms with Crippen molar-refractivity contribution in [3.63, 3.8) is 0 Å². The van der Waals surface area contributed by atoms with Gasteiger partial charge in [0.1, 0.15) is 5.69 Å². The van der Waals surface area contributed by atoms with Gasteiger partial charge in [-0.1, -0.05) is 23.7 Å². The Kier molecular flexibility index (Phi) is 7.81. The van der Waals surface area contributed by atoms with Gasteiger partial charge in [0.05, 0.1) is 44.6 Å². The molecule has 2 aliphatic rings. The van der Waals surface area contributed by atoms with Crippen molar-refractivity contribution in [1.82, 2.24) is 19.6 Å². The zero-order valence-corrected chi connectivity index (χ0v) is 25.3. The van der Waals surface area contributed by atoms with Crippen LogP contribution in [0.2, 0.25) is 5.02 Å². The van der Waals surface area contributed by atoms with Crippen LogP contribution in [0.5, 0.6) is 0 Å². The fourth-order valence-electron chi connectivity index (χ4n) is 5.65. The van der Waals surface area contributed by atoms with Gasteiger partial charge in [-0.25, -0.2) is 4.21 Å². The number of hydrogen-bond donors (Lipinski definition) is 0. The Hall–Kier alpha value is -3.89. The summed E-state index contributed by atoms with van der Waals surface area (Å²) in [6.45, 7) is 5.98. The normalized spacial score (nSPS) is 20.5. The van der Waals surface area contributed by atoms with Crippen LogP contribution in [-0.2, 0) is 28.9 Å². The first-order chi connectivity index (χ1) is 20.1. The average Bonchev–Trinajstić information content (AvgIpc) is 3.32. The van der Waals surface area contributed by atoms with Gasteiger partial charge in [-0.2, -0.15) is 23.5 Å². The number of carbonyl (C=O) groups excluding carboxylic acids is 2. The Morgan fingerprint density at radius 3 is 2.49 bits per heavy atom. The Labute approximate surface area is 252 Å². The lowest BCUT2D eigenvalue weighted by atomic mass is 9.96. The fraction of sp³-hybridized carbons (Fsp3) is 0.379. The third-order valence-corrected chi connectivity index (χ3v) is 9.95. The van der Waals surface area contributed by atoms with Gasteiger partial charge in [0, 0.05) is 41.3 Å². The van der Waals surface area contributed by atoms with Crippen LogP contribution in [0.4, 0.5) is 13.2 Å². The van der Waals surface area contributed by atoms with E-state index in [1.807, 2.05) is 13.8 Å². The maximum Gasteiger partial charge on any atom is 0.417 e. The minimum absolute atomic E-state index is 0.0112. The molecular weight excluding hydrogens is 605 g/mol. The molecule has 0 saturated carbocycles. The summed E-state index contributed by atoms with van der Waals surface area (Å²) in [5, 5.41) is 13.1. The number of alkyl halides is 3. The molecule has 0 N–H and O–H groups in total. The number of nitrogens with zero attached hydrogens (tertiary/aromatic N) is 6. The Bertz CT molecular complexity index is 1790. The molecule has 0 bridgehead atoms. The molecule has 2 aromatic carbocycles. The molecular formula is C29H28ClF3N6O3S.